The monoisotopic (exact) mass is 594 g/mol. The highest BCUT2D eigenvalue weighted by atomic mass is 35.5. The molecule has 5 nitrogen and oxygen atoms in total. The number of imide groups is 1. The Balaban J connectivity index is 1.36. The summed E-state index contributed by atoms with van der Waals surface area (Å²) in [5, 5.41) is 3.00. The van der Waals surface area contributed by atoms with Crippen LogP contribution < -0.4 is 5.32 Å². The fourth-order valence-corrected chi connectivity index (χ4v) is 8.40. The molecule has 2 bridgehead atoms. The molecule has 3 amide bonds. The zero-order valence-electron chi connectivity index (χ0n) is 23.1. The number of alkyl halides is 2. The van der Waals surface area contributed by atoms with Gasteiger partial charge in [0.2, 0.25) is 17.7 Å². The molecule has 0 spiro atoms. The average molecular weight is 596 g/mol. The van der Waals surface area contributed by atoms with Gasteiger partial charge in [0.05, 0.1) is 11.8 Å². The van der Waals surface area contributed by atoms with Gasteiger partial charge in [0.1, 0.15) is 15.8 Å². The summed E-state index contributed by atoms with van der Waals surface area (Å²) in [7, 11) is 0. The molecule has 0 unspecified atom stereocenters. The van der Waals surface area contributed by atoms with E-state index in [4.69, 9.17) is 23.2 Å². The minimum Gasteiger partial charge on any atom is -0.324 e. The Kier molecular flexibility index (Phi) is 6.12. The molecule has 4 aliphatic rings. The largest absolute Gasteiger partial charge is 0.324 e. The molecule has 3 atom stereocenters. The molecule has 3 aliphatic carbocycles. The number of anilines is 1. The topological polar surface area (TPSA) is 66.5 Å². The lowest BCUT2D eigenvalue weighted by molar-refractivity contribution is -0.146. The number of amides is 3. The van der Waals surface area contributed by atoms with E-state index < -0.39 is 45.3 Å². The van der Waals surface area contributed by atoms with Crippen LogP contribution in [0.15, 0.2) is 97.1 Å². The van der Waals surface area contributed by atoms with Crippen LogP contribution in [0.3, 0.4) is 0 Å². The molecule has 4 aromatic carbocycles. The van der Waals surface area contributed by atoms with Crippen LogP contribution in [0.25, 0.3) is 0 Å². The van der Waals surface area contributed by atoms with Crippen molar-refractivity contribution in [3.05, 3.63) is 136 Å². The van der Waals surface area contributed by atoms with Gasteiger partial charge in [0.25, 0.3) is 0 Å². The summed E-state index contributed by atoms with van der Waals surface area (Å²) >= 11 is 15.2. The Morgan fingerprint density at radius 1 is 0.762 bits per heavy atom. The lowest BCUT2D eigenvalue weighted by Crippen LogP contribution is -2.57. The maximum atomic E-state index is 14.6. The van der Waals surface area contributed by atoms with Gasteiger partial charge in [-0.3, -0.25) is 19.3 Å². The number of hydrogen-bond acceptors (Lipinski definition) is 3. The summed E-state index contributed by atoms with van der Waals surface area (Å²) in [5.74, 6) is -3.35. The molecule has 1 fully saturated rings. The number of benzene rings is 4. The third-order valence-corrected chi connectivity index (χ3v) is 10.4. The van der Waals surface area contributed by atoms with Crippen molar-refractivity contribution in [1.29, 1.82) is 0 Å². The third-order valence-electron chi connectivity index (χ3n) is 9.15. The molecule has 210 valence electrons. The Morgan fingerprint density at radius 2 is 1.24 bits per heavy atom. The zero-order chi connectivity index (χ0) is 29.4. The van der Waals surface area contributed by atoms with Gasteiger partial charge in [0, 0.05) is 12.1 Å². The Hall–Kier alpha value is -3.93. The number of rotatable bonds is 5. The number of nitrogens with zero attached hydrogens (tertiary/aromatic N) is 1. The van der Waals surface area contributed by atoms with Gasteiger partial charge in [-0.05, 0) is 53.3 Å². The van der Waals surface area contributed by atoms with E-state index in [1.54, 1.807) is 0 Å². The van der Waals surface area contributed by atoms with E-state index in [1.807, 2.05) is 111 Å². The smallest absolute Gasteiger partial charge is 0.248 e. The highest BCUT2D eigenvalue weighted by Crippen LogP contribution is 2.69. The van der Waals surface area contributed by atoms with Crippen LogP contribution in [0.2, 0.25) is 0 Å². The van der Waals surface area contributed by atoms with Crippen molar-refractivity contribution in [2.75, 3.05) is 5.32 Å². The molecule has 4 aromatic rings. The quantitative estimate of drug-likeness (QED) is 0.213. The maximum absolute atomic E-state index is 14.6. The fourth-order valence-electron chi connectivity index (χ4n) is 7.30. The standard InChI is InChI=1S/C35H28Cl2N2O3/c1-20-16-17-27(21(2)18-20)38-31(40)28(19-22-10-4-3-5-11-22)39-32(41)29-30(33(39)42)35(37)24-13-7-6-12-23(24)34(29,36)25-14-8-9-15-26(25)35/h3-18,28-30H,19H2,1-2H3,(H,38,40)/t28-,29-,30+,34?,35?/m0/s1. The normalized spacial score (nSPS) is 26.0. The summed E-state index contributed by atoms with van der Waals surface area (Å²) in [6.45, 7) is 3.89. The first kappa shape index (κ1) is 26.9. The zero-order valence-corrected chi connectivity index (χ0v) is 24.6. The Morgan fingerprint density at radius 3 is 1.71 bits per heavy atom. The van der Waals surface area contributed by atoms with Gasteiger partial charge in [-0.2, -0.15) is 0 Å². The molecule has 1 N–H and O–H groups in total. The number of carbonyl (C=O) groups excluding carboxylic acids is 3. The third kappa shape index (κ3) is 3.60. The maximum Gasteiger partial charge on any atom is 0.248 e. The van der Waals surface area contributed by atoms with Crippen LogP contribution in [0, 0.1) is 25.7 Å². The van der Waals surface area contributed by atoms with Gasteiger partial charge < -0.3 is 5.32 Å². The van der Waals surface area contributed by atoms with Crippen molar-refractivity contribution in [1.82, 2.24) is 4.90 Å². The van der Waals surface area contributed by atoms with Gasteiger partial charge in [-0.15, -0.1) is 23.2 Å². The van der Waals surface area contributed by atoms with Crippen LogP contribution in [-0.4, -0.2) is 28.7 Å². The van der Waals surface area contributed by atoms with Crippen LogP contribution in [-0.2, 0) is 30.6 Å². The minimum absolute atomic E-state index is 0.152. The molecule has 7 heteroatoms. The number of hydrogen-bond donors (Lipinski definition) is 1. The van der Waals surface area contributed by atoms with E-state index in [0.29, 0.717) is 5.69 Å². The SMILES string of the molecule is Cc1ccc(NC(=O)[C@H](Cc2ccccc2)N2C(=O)[C@@H]3[C@H](C2=O)C2(Cl)c4ccccc4C3(Cl)c3ccccc32)c(C)c1. The van der Waals surface area contributed by atoms with Gasteiger partial charge >= 0.3 is 0 Å². The molecule has 8 rings (SSSR count). The number of aryl methyl sites for hydroxylation is 2. The molecule has 1 heterocycles. The molecule has 0 aromatic heterocycles. The van der Waals surface area contributed by atoms with Crippen molar-refractivity contribution in [2.24, 2.45) is 11.8 Å². The lowest BCUT2D eigenvalue weighted by atomic mass is 9.54. The summed E-state index contributed by atoms with van der Waals surface area (Å²) in [4.78, 5) is 41.8. The summed E-state index contributed by atoms with van der Waals surface area (Å²) < 4.78 is 0. The average Bonchev–Trinajstić information content (AvgIpc) is 3.27. The molecular formula is C35H28Cl2N2O3. The first-order valence-electron chi connectivity index (χ1n) is 14.0. The number of nitrogens with one attached hydrogen (secondary N) is 1. The Labute approximate surface area is 254 Å². The van der Waals surface area contributed by atoms with E-state index >= 15 is 0 Å². The number of likely N-dealkylation sites (tertiary alicyclic amines) is 1. The van der Waals surface area contributed by atoms with Crippen LogP contribution in [0.4, 0.5) is 5.69 Å². The van der Waals surface area contributed by atoms with E-state index in [1.165, 1.54) is 0 Å². The highest BCUT2D eigenvalue weighted by Gasteiger charge is 2.73. The van der Waals surface area contributed by atoms with Crippen molar-refractivity contribution in [3.8, 4) is 0 Å². The number of carbonyl (C=O) groups is 3. The second-order valence-corrected chi connectivity index (χ2v) is 12.7. The first-order chi connectivity index (χ1) is 20.2. The lowest BCUT2D eigenvalue weighted by Gasteiger charge is -2.54. The van der Waals surface area contributed by atoms with Crippen LogP contribution >= 0.6 is 23.2 Å². The Bertz CT molecular complexity index is 1660. The summed E-state index contributed by atoms with van der Waals surface area (Å²) in [6, 6.07) is 29.1. The molecule has 0 saturated carbocycles. The van der Waals surface area contributed by atoms with Gasteiger partial charge in [-0.25, -0.2) is 0 Å². The molecule has 0 radical (unpaired) electrons. The first-order valence-corrected chi connectivity index (χ1v) is 14.8. The van der Waals surface area contributed by atoms with E-state index in [2.05, 4.69) is 5.32 Å². The highest BCUT2D eigenvalue weighted by molar-refractivity contribution is 6.36. The predicted octanol–water partition coefficient (Wildman–Crippen LogP) is 6.45. The van der Waals surface area contributed by atoms with Crippen molar-refractivity contribution in [3.63, 3.8) is 0 Å². The molecule has 1 aliphatic heterocycles. The second kappa shape index (κ2) is 9.55. The van der Waals surface area contributed by atoms with E-state index in [9.17, 15) is 14.4 Å². The minimum atomic E-state index is -1.31. The van der Waals surface area contributed by atoms with Gasteiger partial charge in [0.15, 0.2) is 0 Å². The van der Waals surface area contributed by atoms with Crippen molar-refractivity contribution < 1.29 is 14.4 Å². The number of halogens is 2. The van der Waals surface area contributed by atoms with Crippen LogP contribution in [0.1, 0.15) is 38.9 Å². The predicted molar refractivity (Wildman–Crippen MR) is 163 cm³/mol. The van der Waals surface area contributed by atoms with Crippen LogP contribution in [0.5, 0.6) is 0 Å². The van der Waals surface area contributed by atoms with Crippen molar-refractivity contribution in [2.45, 2.75) is 36.1 Å². The second-order valence-electron chi connectivity index (χ2n) is 11.5. The summed E-state index contributed by atoms with van der Waals surface area (Å²) in [6.07, 6.45) is 0.152. The molecule has 42 heavy (non-hydrogen) atoms. The molecule has 1 saturated heterocycles. The van der Waals surface area contributed by atoms with E-state index in [0.717, 1.165) is 43.8 Å². The summed E-state index contributed by atoms with van der Waals surface area (Å²) in [5.41, 5.74) is 6.31. The fraction of sp³-hybridized carbons (Fsp3) is 0.229. The van der Waals surface area contributed by atoms with Crippen molar-refractivity contribution >= 4 is 46.6 Å². The van der Waals surface area contributed by atoms with Gasteiger partial charge in [-0.1, -0.05) is 96.6 Å². The van der Waals surface area contributed by atoms with E-state index in [-0.39, 0.29) is 6.42 Å². The molecular weight excluding hydrogens is 567 g/mol.